The SMILES string of the molecule is [2H]C([2H])([2H])Oc1cc(C([2H])([2H])CCCC([2H])(O)C([2H])([2H])Oc2cccc(C)c2)ccc1OC. The van der Waals surface area contributed by atoms with E-state index in [0.717, 1.165) is 5.56 Å². The summed E-state index contributed by atoms with van der Waals surface area (Å²) in [6, 6.07) is 10.6. The Kier molecular flexibility index (Phi) is 4.26. The number of benzene rings is 2. The molecule has 0 amide bonds. The maximum atomic E-state index is 10.4. The Morgan fingerprint density at radius 1 is 1.16 bits per heavy atom. The van der Waals surface area contributed by atoms with Crippen LogP contribution in [0.3, 0.4) is 0 Å². The van der Waals surface area contributed by atoms with Gasteiger partial charge in [0.15, 0.2) is 11.5 Å². The molecule has 0 aliphatic heterocycles. The van der Waals surface area contributed by atoms with E-state index in [1.807, 2.05) is 0 Å². The van der Waals surface area contributed by atoms with Crippen LogP contribution in [-0.4, -0.2) is 31.9 Å². The number of aryl methyl sites for hydroxylation is 2. The van der Waals surface area contributed by atoms with Crippen molar-refractivity contribution in [1.29, 1.82) is 0 Å². The minimum atomic E-state index is -2.75. The van der Waals surface area contributed by atoms with E-state index in [4.69, 9.17) is 25.2 Å². The topological polar surface area (TPSA) is 47.9 Å². The highest BCUT2D eigenvalue weighted by Gasteiger charge is 2.07. The predicted octanol–water partition coefficient (Wildman–Crippen LogP) is 4.16. The Hall–Kier alpha value is -2.20. The van der Waals surface area contributed by atoms with Gasteiger partial charge in [0, 0.05) is 2.74 Å². The second-order valence-electron chi connectivity index (χ2n) is 5.47. The first-order valence-electron chi connectivity index (χ1n) is 11.9. The molecule has 0 radical (unpaired) electrons. The van der Waals surface area contributed by atoms with E-state index in [2.05, 4.69) is 0 Å². The second kappa shape index (κ2) is 9.94. The van der Waals surface area contributed by atoms with E-state index >= 15 is 0 Å². The van der Waals surface area contributed by atoms with Crippen molar-refractivity contribution in [2.24, 2.45) is 0 Å². The molecule has 0 saturated heterocycles. The largest absolute Gasteiger partial charge is 0.493 e. The molecule has 0 bridgehead atoms. The standard InChI is InChI=1S/C21H28O4/c1-16-7-6-10-19(13-16)25-15-18(22)9-5-4-8-17-11-12-20(23-2)21(14-17)24-3/h6-7,10-14,18,22H,4-5,8-9,15H2,1-3H3/i3D3,8D2,15D2,18D. The molecule has 4 heteroatoms. The molecule has 136 valence electrons. The zero-order valence-corrected chi connectivity index (χ0v) is 14.3. The van der Waals surface area contributed by atoms with Crippen LogP contribution in [-0.2, 0) is 6.37 Å². The van der Waals surface area contributed by atoms with Crippen molar-refractivity contribution in [2.75, 3.05) is 20.7 Å². The lowest BCUT2D eigenvalue weighted by Crippen LogP contribution is -2.17. The van der Waals surface area contributed by atoms with Gasteiger partial charge in [0.05, 0.1) is 28.5 Å². The van der Waals surface area contributed by atoms with Crippen molar-refractivity contribution in [3.63, 3.8) is 0 Å². The lowest BCUT2D eigenvalue weighted by atomic mass is 10.0. The third kappa shape index (κ3) is 6.31. The highest BCUT2D eigenvalue weighted by molar-refractivity contribution is 5.42. The van der Waals surface area contributed by atoms with E-state index in [1.165, 1.54) is 31.4 Å². The Morgan fingerprint density at radius 2 is 2.04 bits per heavy atom. The molecule has 0 spiro atoms. The molecular weight excluding hydrogens is 316 g/mol. The van der Waals surface area contributed by atoms with Crippen LogP contribution in [0.4, 0.5) is 0 Å². The van der Waals surface area contributed by atoms with Crippen molar-refractivity contribution in [1.82, 2.24) is 0 Å². The van der Waals surface area contributed by atoms with Gasteiger partial charge in [0.25, 0.3) is 0 Å². The van der Waals surface area contributed by atoms with Gasteiger partial charge in [0.2, 0.25) is 0 Å². The summed E-state index contributed by atoms with van der Waals surface area (Å²) in [7, 11) is -1.42. The van der Waals surface area contributed by atoms with Crippen LogP contribution in [0.1, 0.15) is 41.4 Å². The van der Waals surface area contributed by atoms with Crippen LogP contribution in [0.15, 0.2) is 42.5 Å². The van der Waals surface area contributed by atoms with Crippen LogP contribution >= 0.6 is 0 Å². The van der Waals surface area contributed by atoms with Gasteiger partial charge in [-0.05, 0) is 61.5 Å². The summed E-state index contributed by atoms with van der Waals surface area (Å²) in [5.74, 6) is 0.160. The summed E-state index contributed by atoms with van der Waals surface area (Å²) in [6.07, 6.45) is -5.23. The summed E-state index contributed by atoms with van der Waals surface area (Å²) in [5, 5.41) is 10.4. The number of ether oxygens (including phenoxy) is 3. The Labute approximate surface area is 161 Å². The van der Waals surface area contributed by atoms with E-state index in [0.29, 0.717) is 0 Å². The molecular formula is C21H28O4. The van der Waals surface area contributed by atoms with E-state index in [9.17, 15) is 5.11 Å². The lowest BCUT2D eigenvalue weighted by Gasteiger charge is -2.13. The van der Waals surface area contributed by atoms with Crippen molar-refractivity contribution in [3.05, 3.63) is 53.6 Å². The molecule has 1 unspecified atom stereocenters. The van der Waals surface area contributed by atoms with Crippen LogP contribution in [0, 0.1) is 6.92 Å². The number of methoxy groups -OCH3 is 2. The quantitative estimate of drug-likeness (QED) is 0.697. The van der Waals surface area contributed by atoms with Gasteiger partial charge >= 0.3 is 0 Å². The average Bonchev–Trinajstić information content (AvgIpc) is 2.66. The molecule has 1 atom stereocenters. The number of hydrogen-bond donors (Lipinski definition) is 1. The monoisotopic (exact) mass is 352 g/mol. The third-order valence-corrected chi connectivity index (χ3v) is 3.47. The number of rotatable bonds is 10. The van der Waals surface area contributed by atoms with Crippen molar-refractivity contribution in [3.8, 4) is 17.2 Å². The van der Waals surface area contributed by atoms with Crippen LogP contribution in [0.2, 0.25) is 0 Å². The summed E-state index contributed by atoms with van der Waals surface area (Å²) >= 11 is 0. The van der Waals surface area contributed by atoms with Crippen molar-refractivity contribution >= 4 is 0 Å². The third-order valence-electron chi connectivity index (χ3n) is 3.47. The first-order chi connectivity index (χ1) is 15.1. The fourth-order valence-corrected chi connectivity index (χ4v) is 2.20. The fourth-order valence-electron chi connectivity index (χ4n) is 2.20. The van der Waals surface area contributed by atoms with Gasteiger partial charge < -0.3 is 19.3 Å². The summed E-state index contributed by atoms with van der Waals surface area (Å²) in [5.41, 5.74) is 0.946. The van der Waals surface area contributed by atoms with Gasteiger partial charge in [0.1, 0.15) is 12.3 Å². The van der Waals surface area contributed by atoms with Gasteiger partial charge in [-0.1, -0.05) is 24.6 Å². The van der Waals surface area contributed by atoms with Crippen LogP contribution in [0.5, 0.6) is 17.2 Å². The minimum absolute atomic E-state index is 0.0504. The Balaban J connectivity index is 2.09. The van der Waals surface area contributed by atoms with Gasteiger partial charge in [-0.15, -0.1) is 0 Å². The molecule has 0 saturated carbocycles. The zero-order valence-electron chi connectivity index (χ0n) is 22.3. The van der Waals surface area contributed by atoms with E-state index in [-0.39, 0.29) is 35.7 Å². The fraction of sp³-hybridized carbons (Fsp3) is 0.429. The van der Waals surface area contributed by atoms with Gasteiger partial charge in [-0.3, -0.25) is 0 Å². The smallest absolute Gasteiger partial charge is 0.160 e. The second-order valence-corrected chi connectivity index (χ2v) is 5.47. The maximum Gasteiger partial charge on any atom is 0.160 e. The summed E-state index contributed by atoms with van der Waals surface area (Å²) < 4.78 is 77.8. The molecule has 25 heavy (non-hydrogen) atoms. The average molecular weight is 352 g/mol. The molecule has 0 aliphatic carbocycles. The molecule has 1 N–H and O–H groups in total. The molecule has 2 aromatic carbocycles. The molecule has 4 nitrogen and oxygen atoms in total. The molecule has 0 aromatic heterocycles. The zero-order chi connectivity index (χ0) is 25.1. The number of hydrogen-bond acceptors (Lipinski definition) is 4. The van der Waals surface area contributed by atoms with Gasteiger partial charge in [-0.25, -0.2) is 0 Å². The number of aliphatic hydroxyl groups is 1. The van der Waals surface area contributed by atoms with Crippen molar-refractivity contribution in [2.45, 2.75) is 38.6 Å². The van der Waals surface area contributed by atoms with Gasteiger partial charge in [-0.2, -0.15) is 0 Å². The molecule has 2 aromatic rings. The molecule has 2 rings (SSSR count). The van der Waals surface area contributed by atoms with Crippen LogP contribution in [0.25, 0.3) is 0 Å². The molecule has 0 aliphatic rings. The summed E-state index contributed by atoms with van der Waals surface area (Å²) in [6.45, 7) is -0.945. The predicted molar refractivity (Wildman–Crippen MR) is 99.8 cm³/mol. The lowest BCUT2D eigenvalue weighted by molar-refractivity contribution is 0.0976. The minimum Gasteiger partial charge on any atom is -0.493 e. The molecule has 0 fully saturated rings. The van der Waals surface area contributed by atoms with Crippen molar-refractivity contribution < 1.29 is 30.3 Å². The maximum absolute atomic E-state index is 10.4. The first kappa shape index (κ1) is 10.7. The first-order valence-corrected chi connectivity index (χ1v) is 7.92. The normalized spacial score (nSPS) is 19.5. The van der Waals surface area contributed by atoms with E-state index < -0.39 is 32.5 Å². The summed E-state index contributed by atoms with van der Waals surface area (Å²) in [4.78, 5) is 0. The molecule has 0 heterocycles. The highest BCUT2D eigenvalue weighted by Crippen LogP contribution is 2.28. The Bertz CT molecular complexity index is 944. The Morgan fingerprint density at radius 3 is 2.80 bits per heavy atom. The van der Waals surface area contributed by atoms with E-state index in [1.54, 1.807) is 25.1 Å². The highest BCUT2D eigenvalue weighted by atomic mass is 16.5. The van der Waals surface area contributed by atoms with Crippen LogP contribution < -0.4 is 14.2 Å².